The van der Waals surface area contributed by atoms with Crippen LogP contribution in [-0.2, 0) is 21.3 Å². The van der Waals surface area contributed by atoms with Crippen LogP contribution in [-0.4, -0.2) is 55.2 Å². The Morgan fingerprint density at radius 1 is 1.58 bits per heavy atom. The molecule has 0 bridgehead atoms. The van der Waals surface area contributed by atoms with Crippen molar-refractivity contribution in [2.45, 2.75) is 17.9 Å². The summed E-state index contributed by atoms with van der Waals surface area (Å²) < 4.78 is 32.9. The van der Waals surface area contributed by atoms with Gasteiger partial charge in [-0.05, 0) is 12.3 Å². The molecule has 1 atom stereocenters. The van der Waals surface area contributed by atoms with Crippen molar-refractivity contribution in [3.8, 4) is 0 Å². The second kappa shape index (κ2) is 6.21. The molecule has 0 N–H and O–H groups in total. The first-order valence-corrected chi connectivity index (χ1v) is 8.13. The summed E-state index contributed by atoms with van der Waals surface area (Å²) in [4.78, 5) is 0.232. The standard InChI is InChI=1S/C11H18ClN3O3S/c1-18-9-10-2-4-15(7-10)19(16,17)11-6-13-14(8-11)5-3-12/h6,8,10H,2-5,7,9H2,1H3. The average Bonchev–Trinajstić information content (AvgIpc) is 2.99. The normalized spacial score (nSPS) is 21.1. The van der Waals surface area contributed by atoms with Gasteiger partial charge < -0.3 is 4.74 Å². The van der Waals surface area contributed by atoms with Gasteiger partial charge in [-0.3, -0.25) is 4.68 Å². The third-order valence-corrected chi connectivity index (χ3v) is 5.20. The van der Waals surface area contributed by atoms with Crippen molar-refractivity contribution in [3.05, 3.63) is 12.4 Å². The van der Waals surface area contributed by atoms with Gasteiger partial charge in [0.2, 0.25) is 10.0 Å². The van der Waals surface area contributed by atoms with E-state index in [1.807, 2.05) is 0 Å². The lowest BCUT2D eigenvalue weighted by molar-refractivity contribution is 0.157. The number of methoxy groups -OCH3 is 1. The zero-order valence-electron chi connectivity index (χ0n) is 10.8. The van der Waals surface area contributed by atoms with Gasteiger partial charge in [-0.2, -0.15) is 9.40 Å². The molecular weight excluding hydrogens is 290 g/mol. The fourth-order valence-electron chi connectivity index (χ4n) is 2.22. The second-order valence-electron chi connectivity index (χ2n) is 4.60. The average molecular weight is 308 g/mol. The summed E-state index contributed by atoms with van der Waals surface area (Å²) in [5, 5.41) is 4.00. The molecule has 1 aromatic heterocycles. The summed E-state index contributed by atoms with van der Waals surface area (Å²) >= 11 is 5.61. The summed E-state index contributed by atoms with van der Waals surface area (Å²) in [6, 6.07) is 0. The summed E-state index contributed by atoms with van der Waals surface area (Å²) in [7, 11) is -1.80. The summed E-state index contributed by atoms with van der Waals surface area (Å²) in [5.41, 5.74) is 0. The van der Waals surface area contributed by atoms with E-state index in [1.165, 1.54) is 16.7 Å². The second-order valence-corrected chi connectivity index (χ2v) is 6.92. The number of hydrogen-bond acceptors (Lipinski definition) is 4. The van der Waals surface area contributed by atoms with E-state index in [2.05, 4.69) is 5.10 Å². The van der Waals surface area contributed by atoms with Crippen molar-refractivity contribution in [3.63, 3.8) is 0 Å². The Morgan fingerprint density at radius 2 is 2.37 bits per heavy atom. The van der Waals surface area contributed by atoms with Crippen molar-refractivity contribution in [2.75, 3.05) is 32.7 Å². The third kappa shape index (κ3) is 3.28. The Balaban J connectivity index is 2.09. The summed E-state index contributed by atoms with van der Waals surface area (Å²) in [6.07, 6.45) is 3.75. The summed E-state index contributed by atoms with van der Waals surface area (Å²) in [5.74, 6) is 0.679. The fraction of sp³-hybridized carbons (Fsp3) is 0.727. The molecule has 0 aliphatic carbocycles. The molecule has 1 saturated heterocycles. The van der Waals surface area contributed by atoms with E-state index in [1.54, 1.807) is 11.8 Å². The van der Waals surface area contributed by atoms with Crippen molar-refractivity contribution in [2.24, 2.45) is 5.92 Å². The lowest BCUT2D eigenvalue weighted by atomic mass is 10.1. The van der Waals surface area contributed by atoms with Crippen LogP contribution in [0.15, 0.2) is 17.3 Å². The number of alkyl halides is 1. The van der Waals surface area contributed by atoms with Crippen molar-refractivity contribution in [1.82, 2.24) is 14.1 Å². The fourth-order valence-corrected chi connectivity index (χ4v) is 3.88. The van der Waals surface area contributed by atoms with Gasteiger partial charge in [0.15, 0.2) is 0 Å². The van der Waals surface area contributed by atoms with Crippen LogP contribution in [0.2, 0.25) is 0 Å². The minimum Gasteiger partial charge on any atom is -0.384 e. The number of aromatic nitrogens is 2. The molecule has 0 aromatic carbocycles. The zero-order chi connectivity index (χ0) is 13.9. The van der Waals surface area contributed by atoms with E-state index in [-0.39, 0.29) is 10.8 Å². The van der Waals surface area contributed by atoms with Gasteiger partial charge in [-0.1, -0.05) is 0 Å². The number of aryl methyl sites for hydroxylation is 1. The van der Waals surface area contributed by atoms with Crippen molar-refractivity contribution >= 4 is 21.6 Å². The number of hydrogen-bond donors (Lipinski definition) is 0. The maximum atomic E-state index is 12.4. The van der Waals surface area contributed by atoms with Crippen LogP contribution in [0.5, 0.6) is 0 Å². The first-order chi connectivity index (χ1) is 9.07. The Hall–Kier alpha value is -0.630. The van der Waals surface area contributed by atoms with Gasteiger partial charge in [-0.15, -0.1) is 11.6 Å². The molecule has 0 spiro atoms. The molecule has 19 heavy (non-hydrogen) atoms. The van der Waals surface area contributed by atoms with Gasteiger partial charge in [0.1, 0.15) is 4.90 Å². The van der Waals surface area contributed by atoms with Crippen LogP contribution < -0.4 is 0 Å². The number of sulfonamides is 1. The van der Waals surface area contributed by atoms with Gasteiger partial charge >= 0.3 is 0 Å². The Kier molecular flexibility index (Phi) is 4.83. The van der Waals surface area contributed by atoms with Crippen LogP contribution in [0.1, 0.15) is 6.42 Å². The number of ether oxygens (including phenoxy) is 1. The molecular formula is C11H18ClN3O3S. The topological polar surface area (TPSA) is 64.4 Å². The molecule has 1 aliphatic heterocycles. The SMILES string of the molecule is COCC1CCN(S(=O)(=O)c2cnn(CCCl)c2)C1. The van der Waals surface area contributed by atoms with E-state index in [0.717, 1.165) is 6.42 Å². The van der Waals surface area contributed by atoms with Crippen LogP contribution in [0, 0.1) is 5.92 Å². The van der Waals surface area contributed by atoms with Gasteiger partial charge in [0.05, 0.1) is 19.3 Å². The van der Waals surface area contributed by atoms with Crippen LogP contribution in [0.3, 0.4) is 0 Å². The highest BCUT2D eigenvalue weighted by Gasteiger charge is 2.33. The molecule has 2 heterocycles. The predicted octanol–water partition coefficient (Wildman–Crippen LogP) is 0.779. The monoisotopic (exact) mass is 307 g/mol. The highest BCUT2D eigenvalue weighted by atomic mass is 35.5. The predicted molar refractivity (Wildman–Crippen MR) is 71.7 cm³/mol. The molecule has 1 fully saturated rings. The molecule has 6 nitrogen and oxygen atoms in total. The first kappa shape index (κ1) is 14.8. The van der Waals surface area contributed by atoms with Gasteiger partial charge in [0, 0.05) is 32.3 Å². The number of rotatable bonds is 6. The largest absolute Gasteiger partial charge is 0.384 e. The maximum absolute atomic E-state index is 12.4. The zero-order valence-corrected chi connectivity index (χ0v) is 12.4. The highest BCUT2D eigenvalue weighted by Crippen LogP contribution is 2.24. The molecule has 0 radical (unpaired) electrons. The molecule has 1 unspecified atom stereocenters. The minimum atomic E-state index is -3.44. The maximum Gasteiger partial charge on any atom is 0.246 e. The summed E-state index contributed by atoms with van der Waals surface area (Å²) in [6.45, 7) is 2.15. The van der Waals surface area contributed by atoms with Crippen molar-refractivity contribution < 1.29 is 13.2 Å². The lowest BCUT2D eigenvalue weighted by Gasteiger charge is -2.15. The third-order valence-electron chi connectivity index (χ3n) is 3.21. The Bertz CT molecular complexity index is 517. The molecule has 0 amide bonds. The van der Waals surface area contributed by atoms with Crippen LogP contribution in [0.4, 0.5) is 0 Å². The Morgan fingerprint density at radius 3 is 3.05 bits per heavy atom. The van der Waals surface area contributed by atoms with Gasteiger partial charge in [-0.25, -0.2) is 8.42 Å². The minimum absolute atomic E-state index is 0.232. The number of halogens is 1. The Labute approximate surface area is 118 Å². The molecule has 1 aliphatic rings. The molecule has 8 heteroatoms. The van der Waals surface area contributed by atoms with E-state index in [9.17, 15) is 8.42 Å². The molecule has 2 rings (SSSR count). The van der Waals surface area contributed by atoms with E-state index in [0.29, 0.717) is 32.1 Å². The molecule has 0 saturated carbocycles. The van der Waals surface area contributed by atoms with E-state index < -0.39 is 10.0 Å². The molecule has 1 aromatic rings. The smallest absolute Gasteiger partial charge is 0.246 e. The van der Waals surface area contributed by atoms with E-state index in [4.69, 9.17) is 16.3 Å². The number of nitrogens with zero attached hydrogens (tertiary/aromatic N) is 3. The quantitative estimate of drug-likeness (QED) is 0.729. The van der Waals surface area contributed by atoms with Crippen LogP contribution in [0.25, 0.3) is 0 Å². The highest BCUT2D eigenvalue weighted by molar-refractivity contribution is 7.89. The van der Waals surface area contributed by atoms with Gasteiger partial charge in [0.25, 0.3) is 0 Å². The van der Waals surface area contributed by atoms with E-state index >= 15 is 0 Å². The first-order valence-electron chi connectivity index (χ1n) is 6.15. The lowest BCUT2D eigenvalue weighted by Crippen LogP contribution is -2.29. The van der Waals surface area contributed by atoms with Crippen molar-refractivity contribution in [1.29, 1.82) is 0 Å². The molecule has 108 valence electrons. The van der Waals surface area contributed by atoms with Crippen LogP contribution >= 0.6 is 11.6 Å².